The average Bonchev–Trinajstić information content (AvgIpc) is 3.71. The Kier molecular flexibility index (Phi) is 12.1. The molecule has 3 heterocycles. The van der Waals surface area contributed by atoms with Crippen LogP contribution >= 0.6 is 19.2 Å². The molecule has 0 aliphatic carbocycles. The van der Waals surface area contributed by atoms with E-state index >= 15 is 0 Å². The van der Waals surface area contributed by atoms with Crippen LogP contribution in [0.3, 0.4) is 0 Å². The predicted octanol–water partition coefficient (Wildman–Crippen LogP) is 7.47. The number of ether oxygens (including phenoxy) is 2. The van der Waals surface area contributed by atoms with Gasteiger partial charge in [-0.15, -0.1) is 11.3 Å². The molecule has 0 spiro atoms. The van der Waals surface area contributed by atoms with Crippen molar-refractivity contribution in [2.24, 2.45) is 10.8 Å². The van der Waals surface area contributed by atoms with Gasteiger partial charge in [-0.1, -0.05) is 41.5 Å². The second-order valence-electron chi connectivity index (χ2n) is 15.1. The number of nitrogens with zero attached hydrogens (tertiary/aromatic N) is 4. The molecule has 1 aliphatic rings. The van der Waals surface area contributed by atoms with Crippen molar-refractivity contribution >= 4 is 52.6 Å². The number of methoxy groups -OCH3 is 1. The van der Waals surface area contributed by atoms with Crippen molar-refractivity contribution < 1.29 is 41.9 Å². The van der Waals surface area contributed by atoms with Crippen molar-refractivity contribution in [1.82, 2.24) is 19.9 Å². The van der Waals surface area contributed by atoms with Gasteiger partial charge in [-0.2, -0.15) is 0 Å². The van der Waals surface area contributed by atoms with Crippen LogP contribution in [0.15, 0.2) is 42.9 Å². The maximum absolute atomic E-state index is 13.5. The first-order valence-corrected chi connectivity index (χ1v) is 19.6. The fraction of sp³-hybridized carbons (Fsp3) is 0.500. The van der Waals surface area contributed by atoms with E-state index in [1.54, 1.807) is 18.3 Å². The Bertz CT molecular complexity index is 1970. The topological polar surface area (TPSA) is 168 Å². The third-order valence-electron chi connectivity index (χ3n) is 9.41. The number of rotatable bonds is 14. The highest BCUT2D eigenvalue weighted by molar-refractivity contribution is 7.46. The van der Waals surface area contributed by atoms with Gasteiger partial charge in [0.05, 0.1) is 25.7 Å². The first-order valence-electron chi connectivity index (χ1n) is 17.2. The van der Waals surface area contributed by atoms with Gasteiger partial charge >= 0.3 is 7.82 Å². The second kappa shape index (κ2) is 15.9. The molecule has 53 heavy (non-hydrogen) atoms. The standard InChI is InChI=1S/C36H47F2N6O7PS/c1-34(2,3)36(35(4,5)6,51-52(46,47)48)30-10-8-13-44(30)14-9-15-50-29-19-27-24(18-28(29)49-7)32(41-21-40-27)43-33-39-20-23(53-33)17-31(45)42-22-11-12-25(37)26(38)16-22/h11-12,16,18-21,30H,8-10,13-15,17H2,1-7H3,(H,42,45)(H2,46,47,48)(H,39,40,41,43)/t30-/m0/s1. The van der Waals surface area contributed by atoms with E-state index in [9.17, 15) is 27.9 Å². The van der Waals surface area contributed by atoms with Crippen molar-refractivity contribution in [3.05, 3.63) is 59.4 Å². The Morgan fingerprint density at radius 2 is 1.77 bits per heavy atom. The number of fused-ring (bicyclic) bond motifs is 1. The van der Waals surface area contributed by atoms with Crippen LogP contribution in [0.1, 0.15) is 65.7 Å². The van der Waals surface area contributed by atoms with Crippen LogP contribution in [-0.2, 0) is 20.3 Å². The molecule has 5 rings (SSSR count). The normalized spacial score (nSPS) is 15.9. The summed E-state index contributed by atoms with van der Waals surface area (Å²) in [5.74, 6) is -1.03. The Labute approximate surface area is 311 Å². The molecule has 0 saturated carbocycles. The van der Waals surface area contributed by atoms with Crippen molar-refractivity contribution in [2.45, 2.75) is 78.9 Å². The fourth-order valence-electron chi connectivity index (χ4n) is 7.57. The summed E-state index contributed by atoms with van der Waals surface area (Å²) in [7, 11) is -3.28. The number of likely N-dealkylation sites (tertiary alicyclic amines) is 1. The molecule has 288 valence electrons. The maximum atomic E-state index is 13.5. The zero-order chi connectivity index (χ0) is 38.8. The molecule has 0 radical (unpaired) electrons. The summed E-state index contributed by atoms with van der Waals surface area (Å²) in [5.41, 5.74) is -1.56. The highest BCUT2D eigenvalue weighted by Crippen LogP contribution is 2.59. The number of carbonyl (C=O) groups excluding carboxylic acids is 1. The van der Waals surface area contributed by atoms with Gasteiger partial charge in [-0.3, -0.25) is 14.2 Å². The monoisotopic (exact) mass is 776 g/mol. The van der Waals surface area contributed by atoms with Crippen LogP contribution < -0.4 is 20.1 Å². The number of thiazole rings is 1. The number of carbonyl (C=O) groups is 1. The van der Waals surface area contributed by atoms with Crippen molar-refractivity contribution in [3.8, 4) is 11.5 Å². The third kappa shape index (κ3) is 9.30. The summed E-state index contributed by atoms with van der Waals surface area (Å²) >= 11 is 1.24. The van der Waals surface area contributed by atoms with E-state index in [1.165, 1.54) is 30.8 Å². The molecule has 17 heteroatoms. The van der Waals surface area contributed by atoms with Crippen LogP contribution in [0.4, 0.5) is 25.4 Å². The van der Waals surface area contributed by atoms with Crippen LogP contribution in [-0.4, -0.2) is 74.0 Å². The van der Waals surface area contributed by atoms with Gasteiger partial charge in [-0.05, 0) is 54.8 Å². The van der Waals surface area contributed by atoms with Crippen molar-refractivity contribution in [2.75, 3.05) is 37.4 Å². The minimum absolute atomic E-state index is 0.0228. The average molecular weight is 777 g/mol. The van der Waals surface area contributed by atoms with Crippen LogP contribution in [0.25, 0.3) is 10.9 Å². The number of benzene rings is 2. The second-order valence-corrected chi connectivity index (χ2v) is 17.3. The van der Waals surface area contributed by atoms with Crippen LogP contribution in [0.5, 0.6) is 11.5 Å². The third-order valence-corrected chi connectivity index (χ3v) is 10.8. The summed E-state index contributed by atoms with van der Waals surface area (Å²) < 4.78 is 56.8. The van der Waals surface area contributed by atoms with E-state index in [4.69, 9.17) is 14.0 Å². The predicted molar refractivity (Wildman–Crippen MR) is 200 cm³/mol. The molecule has 0 bridgehead atoms. The van der Waals surface area contributed by atoms with Gasteiger partial charge < -0.3 is 29.9 Å². The maximum Gasteiger partial charge on any atom is 0.470 e. The zero-order valence-electron chi connectivity index (χ0n) is 30.9. The van der Waals surface area contributed by atoms with Gasteiger partial charge in [0, 0.05) is 46.9 Å². The molecule has 1 atom stereocenters. The molecule has 1 amide bonds. The van der Waals surface area contributed by atoms with Gasteiger partial charge in [0.15, 0.2) is 28.3 Å². The molecule has 1 saturated heterocycles. The molecule has 2 aromatic carbocycles. The number of hydrogen-bond donors (Lipinski definition) is 4. The minimum atomic E-state index is -4.82. The number of phosphoric acid groups is 1. The van der Waals surface area contributed by atoms with E-state index in [-0.39, 0.29) is 18.2 Å². The van der Waals surface area contributed by atoms with Crippen LogP contribution in [0.2, 0.25) is 0 Å². The molecule has 1 fully saturated rings. The summed E-state index contributed by atoms with van der Waals surface area (Å²) in [6.07, 6.45) is 5.21. The van der Waals surface area contributed by atoms with Gasteiger partial charge in [0.25, 0.3) is 0 Å². The molecular formula is C36H47F2N6O7PS. The Hall–Kier alpha value is -3.79. The number of amides is 1. The molecular weight excluding hydrogens is 729 g/mol. The van der Waals surface area contributed by atoms with Gasteiger partial charge in [-0.25, -0.2) is 28.3 Å². The Morgan fingerprint density at radius 3 is 2.43 bits per heavy atom. The van der Waals surface area contributed by atoms with E-state index in [2.05, 4.69) is 30.5 Å². The largest absolute Gasteiger partial charge is 0.493 e. The molecule has 13 nitrogen and oxygen atoms in total. The lowest BCUT2D eigenvalue weighted by Crippen LogP contribution is -2.65. The van der Waals surface area contributed by atoms with Crippen molar-refractivity contribution in [3.63, 3.8) is 0 Å². The van der Waals surface area contributed by atoms with E-state index in [0.29, 0.717) is 57.8 Å². The van der Waals surface area contributed by atoms with Gasteiger partial charge in [0.2, 0.25) is 5.91 Å². The summed E-state index contributed by atoms with van der Waals surface area (Å²) in [6, 6.07) is 6.48. The quantitative estimate of drug-likeness (QED) is 0.0738. The summed E-state index contributed by atoms with van der Waals surface area (Å²) in [5, 5.41) is 6.86. The summed E-state index contributed by atoms with van der Waals surface area (Å²) in [6.45, 7) is 13.6. The molecule has 4 N–H and O–H groups in total. The number of halogens is 2. The lowest BCUT2D eigenvalue weighted by molar-refractivity contribution is -0.168. The zero-order valence-corrected chi connectivity index (χ0v) is 32.6. The molecule has 2 aromatic heterocycles. The lowest BCUT2D eigenvalue weighted by Gasteiger charge is -2.57. The van der Waals surface area contributed by atoms with E-state index in [0.717, 1.165) is 31.5 Å². The summed E-state index contributed by atoms with van der Waals surface area (Å²) in [4.78, 5) is 48.7. The SMILES string of the molecule is COc1cc2c(Nc3ncc(CC(=O)Nc4ccc(F)c(F)c4)s3)ncnc2cc1OCCCN1CCC[C@H]1C(OP(=O)(O)O)(C(C)(C)C)C(C)(C)C. The van der Waals surface area contributed by atoms with E-state index in [1.807, 2.05) is 41.5 Å². The smallest absolute Gasteiger partial charge is 0.470 e. The fourth-order valence-corrected chi connectivity index (χ4v) is 9.43. The Balaban J connectivity index is 1.24. The highest BCUT2D eigenvalue weighted by atomic mass is 32.1. The van der Waals surface area contributed by atoms with Crippen molar-refractivity contribution in [1.29, 1.82) is 0 Å². The lowest BCUT2D eigenvalue weighted by atomic mass is 9.58. The van der Waals surface area contributed by atoms with E-state index < -0.39 is 41.8 Å². The number of hydrogen-bond acceptors (Lipinski definition) is 11. The Morgan fingerprint density at radius 1 is 1.04 bits per heavy atom. The number of phosphoric ester groups is 1. The highest BCUT2D eigenvalue weighted by Gasteiger charge is 2.61. The molecule has 4 aromatic rings. The molecule has 0 unspecified atom stereocenters. The molecule has 1 aliphatic heterocycles. The number of aromatic nitrogens is 3. The first-order chi connectivity index (χ1) is 24.8. The number of nitrogens with one attached hydrogen (secondary N) is 2. The first kappa shape index (κ1) is 40.4. The number of anilines is 3. The minimum Gasteiger partial charge on any atom is -0.493 e. The van der Waals surface area contributed by atoms with Crippen LogP contribution in [0, 0.1) is 22.5 Å². The van der Waals surface area contributed by atoms with Gasteiger partial charge in [0.1, 0.15) is 17.7 Å².